The highest BCUT2D eigenvalue weighted by Gasteiger charge is 2.43. The number of aliphatic hydroxyl groups is 3. The Morgan fingerprint density at radius 1 is 1.00 bits per heavy atom. The van der Waals surface area contributed by atoms with Crippen LogP contribution in [-0.2, 0) is 23.8 Å². The largest absolute Gasteiger partial charge is 0.465 e. The van der Waals surface area contributed by atoms with E-state index in [-0.39, 0.29) is 18.1 Å². The molecule has 1 aliphatic rings. The van der Waals surface area contributed by atoms with Crippen molar-refractivity contribution in [3.05, 3.63) is 0 Å². The van der Waals surface area contributed by atoms with E-state index in [9.17, 15) is 29.7 Å². The van der Waals surface area contributed by atoms with E-state index in [2.05, 4.69) is 17.9 Å². The van der Waals surface area contributed by atoms with E-state index < -0.39 is 59.2 Å². The van der Waals surface area contributed by atoms with Gasteiger partial charge >= 0.3 is 11.3 Å². The third kappa shape index (κ3) is 15.5. The van der Waals surface area contributed by atoms with Crippen molar-refractivity contribution in [1.82, 2.24) is 5.32 Å². The van der Waals surface area contributed by atoms with Crippen molar-refractivity contribution in [2.75, 3.05) is 25.5 Å². The van der Waals surface area contributed by atoms with Gasteiger partial charge < -0.3 is 40.6 Å². The molecule has 6 atom stereocenters. The average Bonchev–Trinajstić information content (AvgIpc) is 2.87. The van der Waals surface area contributed by atoms with Gasteiger partial charge in [0.05, 0.1) is 37.1 Å². The number of hydrogen-bond donors (Lipinski definition) is 6. The molecular weight excluding hydrogens is 548 g/mol. The van der Waals surface area contributed by atoms with Crippen molar-refractivity contribution in [1.29, 1.82) is 0 Å². The lowest BCUT2D eigenvalue weighted by molar-refractivity contribution is -0.178. The zero-order valence-electron chi connectivity index (χ0n) is 23.4. The number of esters is 1. The molecule has 11 nitrogen and oxygen atoms in total. The van der Waals surface area contributed by atoms with Crippen LogP contribution in [0.15, 0.2) is 0 Å². The Labute approximate surface area is 241 Å². The van der Waals surface area contributed by atoms with Crippen LogP contribution in [-0.4, -0.2) is 99.3 Å². The number of carbonyl (C=O) groups is 3. The maximum atomic E-state index is 12.2. The Morgan fingerprint density at radius 3 is 2.18 bits per heavy atom. The molecule has 1 saturated heterocycles. The molecular formula is C26H48N2O9S2. The fourth-order valence-electron chi connectivity index (χ4n) is 3.90. The summed E-state index contributed by atoms with van der Waals surface area (Å²) in [6, 6.07) is -0.867. The van der Waals surface area contributed by atoms with Crippen molar-refractivity contribution in [2.45, 2.75) is 120 Å². The lowest BCUT2D eigenvalue weighted by Gasteiger charge is -2.40. The fourth-order valence-corrected chi connectivity index (χ4v) is 5.02. The summed E-state index contributed by atoms with van der Waals surface area (Å²) in [5.74, 6) is -0.619. The summed E-state index contributed by atoms with van der Waals surface area (Å²) in [5, 5.41) is 30.8. The Hall–Kier alpha value is -1.09. The Morgan fingerprint density at radius 2 is 1.59 bits per heavy atom. The number of unbranched alkanes of at least 4 members (excludes halogenated alkanes) is 7. The van der Waals surface area contributed by atoms with Crippen LogP contribution < -0.4 is 11.1 Å². The van der Waals surface area contributed by atoms with Crippen LogP contribution >= 0.6 is 24.4 Å². The van der Waals surface area contributed by atoms with Crippen LogP contribution in [0.2, 0.25) is 0 Å². The van der Waals surface area contributed by atoms with Crippen LogP contribution in [0.25, 0.3) is 0 Å². The summed E-state index contributed by atoms with van der Waals surface area (Å²) >= 11 is 5.12. The van der Waals surface area contributed by atoms with E-state index in [4.69, 9.17) is 19.9 Å². The van der Waals surface area contributed by atoms with Crippen molar-refractivity contribution in [3.63, 3.8) is 0 Å². The van der Waals surface area contributed by atoms with Gasteiger partial charge in [0.15, 0.2) is 0 Å². The molecule has 0 saturated carbocycles. The van der Waals surface area contributed by atoms with Crippen LogP contribution in [0.1, 0.15) is 78.6 Å². The molecule has 1 aliphatic heterocycles. The van der Waals surface area contributed by atoms with Crippen LogP contribution in [0.4, 0.5) is 4.79 Å². The third-order valence-electron chi connectivity index (χ3n) is 6.09. The molecule has 0 aromatic carbocycles. The first kappa shape index (κ1) is 35.9. The molecule has 1 amide bonds. The summed E-state index contributed by atoms with van der Waals surface area (Å²) < 4.78 is 15.9. The number of carbonyl (C=O) groups excluding carboxylic acids is 3. The van der Waals surface area contributed by atoms with Gasteiger partial charge in [-0.2, -0.15) is 12.6 Å². The highest BCUT2D eigenvalue weighted by molar-refractivity contribution is 8.13. The van der Waals surface area contributed by atoms with E-state index in [1.54, 1.807) is 20.8 Å². The predicted octanol–water partition coefficient (Wildman–Crippen LogP) is 1.93. The molecule has 1 unspecified atom stereocenters. The van der Waals surface area contributed by atoms with Crippen molar-refractivity contribution in [3.8, 4) is 0 Å². The van der Waals surface area contributed by atoms with Gasteiger partial charge in [-0.05, 0) is 45.4 Å². The van der Waals surface area contributed by atoms with E-state index in [1.165, 1.54) is 0 Å². The number of hydrogen-bond acceptors (Lipinski definition) is 12. The van der Waals surface area contributed by atoms with Gasteiger partial charge in [-0.15, -0.1) is 0 Å². The maximum absolute atomic E-state index is 12.2. The van der Waals surface area contributed by atoms with Crippen LogP contribution in [0.3, 0.4) is 0 Å². The Balaban J connectivity index is 1.98. The maximum Gasteiger partial charge on any atom is 0.367 e. The molecule has 1 fully saturated rings. The summed E-state index contributed by atoms with van der Waals surface area (Å²) in [5.41, 5.74) is 5.20. The lowest BCUT2D eigenvalue weighted by Crippen LogP contribution is -2.57. The number of amides is 1. The molecule has 0 aliphatic carbocycles. The zero-order chi connectivity index (χ0) is 29.4. The molecule has 0 bridgehead atoms. The number of nitrogens with one attached hydrogen (secondary N) is 1. The van der Waals surface area contributed by atoms with Gasteiger partial charge in [0.2, 0.25) is 5.91 Å². The van der Waals surface area contributed by atoms with Crippen LogP contribution in [0.5, 0.6) is 0 Å². The number of ether oxygens (including phenoxy) is 3. The summed E-state index contributed by atoms with van der Waals surface area (Å²) in [6.07, 6.45) is 3.78. The van der Waals surface area contributed by atoms with Crippen molar-refractivity contribution >= 4 is 41.6 Å². The van der Waals surface area contributed by atoms with E-state index in [0.29, 0.717) is 13.2 Å². The molecule has 1 heterocycles. The lowest BCUT2D eigenvalue weighted by atomic mass is 9.95. The second-order valence-electron chi connectivity index (χ2n) is 10.8. The molecule has 0 spiro atoms. The Bertz CT molecular complexity index is 737. The molecule has 13 heteroatoms. The molecule has 228 valence electrons. The zero-order valence-corrected chi connectivity index (χ0v) is 25.1. The first-order valence-electron chi connectivity index (χ1n) is 13.7. The molecule has 0 radical (unpaired) electrons. The number of thiol groups is 1. The number of aliphatic hydroxyl groups excluding tert-OH is 3. The monoisotopic (exact) mass is 596 g/mol. The van der Waals surface area contributed by atoms with Crippen molar-refractivity contribution in [2.24, 2.45) is 5.73 Å². The minimum Gasteiger partial charge on any atom is -0.465 e. The van der Waals surface area contributed by atoms with Crippen LogP contribution in [0, 0.1) is 0 Å². The summed E-state index contributed by atoms with van der Waals surface area (Å²) in [6.45, 7) is 5.72. The second kappa shape index (κ2) is 19.1. The van der Waals surface area contributed by atoms with Gasteiger partial charge in [0.1, 0.15) is 23.9 Å². The first-order chi connectivity index (χ1) is 18.4. The van der Waals surface area contributed by atoms with E-state index in [0.717, 1.165) is 63.1 Å². The summed E-state index contributed by atoms with van der Waals surface area (Å²) in [4.78, 5) is 35.8. The molecule has 1 rings (SSSR count). The van der Waals surface area contributed by atoms with E-state index in [1.807, 2.05) is 0 Å². The van der Waals surface area contributed by atoms with E-state index >= 15 is 0 Å². The second-order valence-corrected chi connectivity index (χ2v) is 12.4. The molecule has 6 N–H and O–H groups in total. The van der Waals surface area contributed by atoms with Gasteiger partial charge in [-0.3, -0.25) is 9.59 Å². The quantitative estimate of drug-likeness (QED) is 0.0821. The number of nitrogens with two attached hydrogens (primary N) is 1. The van der Waals surface area contributed by atoms with Gasteiger partial charge in [0.25, 0.3) is 0 Å². The summed E-state index contributed by atoms with van der Waals surface area (Å²) in [7, 11) is 0. The smallest absolute Gasteiger partial charge is 0.367 e. The Kier molecular flexibility index (Phi) is 17.6. The third-order valence-corrected chi connectivity index (χ3v) is 7.57. The van der Waals surface area contributed by atoms with Gasteiger partial charge in [0, 0.05) is 12.3 Å². The average molecular weight is 597 g/mol. The first-order valence-corrected chi connectivity index (χ1v) is 15.2. The minimum atomic E-state index is -1.24. The predicted molar refractivity (Wildman–Crippen MR) is 153 cm³/mol. The molecule has 0 aromatic heterocycles. The topological polar surface area (TPSA) is 178 Å². The minimum absolute atomic E-state index is 0.000734. The highest BCUT2D eigenvalue weighted by atomic mass is 32.2. The number of thioether (sulfide) groups is 1. The van der Waals surface area contributed by atoms with Crippen molar-refractivity contribution < 1.29 is 43.9 Å². The molecule has 39 heavy (non-hydrogen) atoms. The highest BCUT2D eigenvalue weighted by Crippen LogP contribution is 2.26. The normalized spacial score (nSPS) is 24.2. The SMILES string of the molecule is CC(C)(C)OC(=O)SC[C@H](N)C(=O)OCCCCCCCCCCNC(=O)CC1O[C@H](CO)[C@H](O)[C@H](O)[C@H]1S. The van der Waals surface area contributed by atoms with Gasteiger partial charge in [-0.1, -0.05) is 38.5 Å². The standard InChI is InChI=1S/C26H48N2O9S2/c1-26(2,3)37-25(34)39-16-17(27)24(33)35-13-11-9-7-5-4-6-8-10-12-28-20(30)14-18-23(38)22(32)21(31)19(15-29)36-18/h17-19,21-23,29,31-32,38H,4-16,27H2,1-3H3,(H,28,30)/t17-,18?,19+,21-,22-,23-/m0/s1. The number of rotatable bonds is 17. The van der Waals surface area contributed by atoms with Gasteiger partial charge in [-0.25, -0.2) is 4.79 Å². The fraction of sp³-hybridized carbons (Fsp3) is 0.885. The molecule has 0 aromatic rings.